The summed E-state index contributed by atoms with van der Waals surface area (Å²) in [6.45, 7) is 11.9. The summed E-state index contributed by atoms with van der Waals surface area (Å²) in [6, 6.07) is 20.7. The molecule has 0 radical (unpaired) electrons. The zero-order valence-electron chi connectivity index (χ0n) is 18.7. The van der Waals surface area contributed by atoms with E-state index in [0.29, 0.717) is 12.5 Å². The van der Waals surface area contributed by atoms with Gasteiger partial charge in [0.2, 0.25) is 0 Å². The van der Waals surface area contributed by atoms with E-state index in [1.54, 1.807) is 0 Å². The second kappa shape index (κ2) is 9.66. The van der Waals surface area contributed by atoms with Crippen molar-refractivity contribution in [2.75, 3.05) is 5.32 Å². The van der Waals surface area contributed by atoms with E-state index in [1.807, 2.05) is 36.1 Å². The Bertz CT molecular complexity index is 989. The number of carbonyl (C=O) groups excluding carboxylic acids is 1. The minimum atomic E-state index is -0.0613. The van der Waals surface area contributed by atoms with Crippen LogP contribution >= 0.6 is 0 Å². The van der Waals surface area contributed by atoms with Gasteiger partial charge in [0, 0.05) is 30.2 Å². The van der Waals surface area contributed by atoms with E-state index in [1.165, 1.54) is 11.1 Å². The van der Waals surface area contributed by atoms with E-state index < -0.39 is 0 Å². The van der Waals surface area contributed by atoms with E-state index in [-0.39, 0.29) is 12.1 Å². The normalized spacial score (nSPS) is 12.1. The molecule has 0 aliphatic rings. The minimum Gasteiger partial charge on any atom is -0.345 e. The molecule has 1 N–H and O–H groups in total. The van der Waals surface area contributed by atoms with Crippen molar-refractivity contribution in [2.24, 2.45) is 5.92 Å². The maximum atomic E-state index is 13.3. The number of para-hydroxylation sites is 1. The topological polar surface area (TPSA) is 37.3 Å². The second-order valence-electron chi connectivity index (χ2n) is 8.47. The van der Waals surface area contributed by atoms with Crippen LogP contribution in [0.25, 0.3) is 0 Å². The van der Waals surface area contributed by atoms with Crippen LogP contribution in [0.4, 0.5) is 10.5 Å². The molecule has 3 rings (SSSR count). The average Bonchev–Trinajstić information content (AvgIpc) is 3.14. The second-order valence-corrected chi connectivity index (χ2v) is 8.47. The molecule has 2 aromatic carbocycles. The molecule has 30 heavy (non-hydrogen) atoms. The van der Waals surface area contributed by atoms with Crippen LogP contribution in [0.1, 0.15) is 43.2 Å². The van der Waals surface area contributed by atoms with Gasteiger partial charge in [-0.05, 0) is 56.0 Å². The van der Waals surface area contributed by atoms with Gasteiger partial charge >= 0.3 is 6.03 Å². The van der Waals surface area contributed by atoms with Crippen LogP contribution in [0.3, 0.4) is 0 Å². The first-order valence-corrected chi connectivity index (χ1v) is 10.7. The summed E-state index contributed by atoms with van der Waals surface area (Å²) in [7, 11) is 0. The first-order chi connectivity index (χ1) is 14.3. The molecule has 0 spiro atoms. The third kappa shape index (κ3) is 5.32. The number of nitrogens with zero attached hydrogens (tertiary/aromatic N) is 2. The molecule has 0 saturated carbocycles. The van der Waals surface area contributed by atoms with Crippen LogP contribution in [-0.2, 0) is 13.1 Å². The molecule has 1 aromatic heterocycles. The molecule has 1 heterocycles. The van der Waals surface area contributed by atoms with Crippen LogP contribution in [0.2, 0.25) is 0 Å². The van der Waals surface area contributed by atoms with Gasteiger partial charge in [-0.25, -0.2) is 4.79 Å². The van der Waals surface area contributed by atoms with Gasteiger partial charge in [-0.15, -0.1) is 0 Å². The van der Waals surface area contributed by atoms with Gasteiger partial charge in [0.05, 0.1) is 6.54 Å². The highest BCUT2D eigenvalue weighted by atomic mass is 16.2. The van der Waals surface area contributed by atoms with Gasteiger partial charge in [-0.3, -0.25) is 0 Å². The molecule has 0 fully saturated rings. The Hall–Kier alpha value is -3.01. The largest absolute Gasteiger partial charge is 0.345 e. The summed E-state index contributed by atoms with van der Waals surface area (Å²) in [5.74, 6) is 0.354. The number of benzene rings is 2. The number of aryl methyl sites for hydroxylation is 2. The van der Waals surface area contributed by atoms with E-state index >= 15 is 0 Å². The van der Waals surface area contributed by atoms with Crippen molar-refractivity contribution in [3.05, 3.63) is 89.2 Å². The molecule has 3 aromatic rings. The SMILES string of the molecule is Cc1cccc(Cn2cccc2CN(C(=O)Nc2ccccc2C)[C@H](C)C(C)C)c1. The molecule has 0 saturated heterocycles. The molecular weight excluding hydrogens is 370 g/mol. The van der Waals surface area contributed by atoms with Crippen LogP contribution in [-0.4, -0.2) is 21.5 Å². The number of aromatic nitrogens is 1. The zero-order chi connectivity index (χ0) is 21.7. The van der Waals surface area contributed by atoms with Crippen molar-refractivity contribution in [2.45, 2.75) is 53.8 Å². The third-order valence-electron chi connectivity index (χ3n) is 5.80. The number of nitrogens with one attached hydrogen (secondary N) is 1. The zero-order valence-corrected chi connectivity index (χ0v) is 18.7. The average molecular weight is 404 g/mol. The van der Waals surface area contributed by atoms with Gasteiger partial charge in [-0.2, -0.15) is 0 Å². The Labute approximate surface area is 180 Å². The van der Waals surface area contributed by atoms with Crippen molar-refractivity contribution >= 4 is 11.7 Å². The van der Waals surface area contributed by atoms with Gasteiger partial charge in [0.1, 0.15) is 0 Å². The molecule has 4 heteroatoms. The van der Waals surface area contributed by atoms with Gasteiger partial charge in [-0.1, -0.05) is 61.9 Å². The van der Waals surface area contributed by atoms with E-state index in [2.05, 4.69) is 80.2 Å². The molecular formula is C26H33N3O. The molecule has 0 aliphatic carbocycles. The number of carbonyl (C=O) groups is 1. The fourth-order valence-corrected chi connectivity index (χ4v) is 3.59. The highest BCUT2D eigenvalue weighted by Gasteiger charge is 2.24. The smallest absolute Gasteiger partial charge is 0.322 e. The molecule has 2 amide bonds. The number of amides is 2. The summed E-state index contributed by atoms with van der Waals surface area (Å²) in [5, 5.41) is 3.11. The lowest BCUT2D eigenvalue weighted by molar-refractivity contribution is 0.168. The van der Waals surface area contributed by atoms with Crippen LogP contribution < -0.4 is 5.32 Å². The van der Waals surface area contributed by atoms with Gasteiger partial charge in [0.25, 0.3) is 0 Å². The molecule has 0 aliphatic heterocycles. The van der Waals surface area contributed by atoms with E-state index in [0.717, 1.165) is 23.5 Å². The number of anilines is 1. The third-order valence-corrected chi connectivity index (χ3v) is 5.80. The Morgan fingerprint density at radius 3 is 2.47 bits per heavy atom. The van der Waals surface area contributed by atoms with Crippen LogP contribution in [0.15, 0.2) is 66.9 Å². The first-order valence-electron chi connectivity index (χ1n) is 10.7. The van der Waals surface area contributed by atoms with E-state index in [9.17, 15) is 4.79 Å². The summed E-state index contributed by atoms with van der Waals surface area (Å²) in [6.07, 6.45) is 2.09. The van der Waals surface area contributed by atoms with Crippen molar-refractivity contribution < 1.29 is 4.79 Å². The molecule has 4 nitrogen and oxygen atoms in total. The van der Waals surface area contributed by atoms with Gasteiger partial charge in [0.15, 0.2) is 0 Å². The highest BCUT2D eigenvalue weighted by Crippen LogP contribution is 2.20. The Morgan fingerprint density at radius 1 is 1.00 bits per heavy atom. The summed E-state index contributed by atoms with van der Waals surface area (Å²) < 4.78 is 2.23. The lowest BCUT2D eigenvalue weighted by Crippen LogP contribution is -2.43. The summed E-state index contributed by atoms with van der Waals surface area (Å²) >= 11 is 0. The lowest BCUT2D eigenvalue weighted by Gasteiger charge is -2.32. The van der Waals surface area contributed by atoms with Crippen molar-refractivity contribution in [3.63, 3.8) is 0 Å². The van der Waals surface area contributed by atoms with Crippen molar-refractivity contribution in [1.29, 1.82) is 0 Å². The monoisotopic (exact) mass is 403 g/mol. The summed E-state index contributed by atoms with van der Waals surface area (Å²) in [4.78, 5) is 15.2. The first kappa shape index (κ1) is 21.7. The predicted octanol–water partition coefficient (Wildman–Crippen LogP) is 6.23. The summed E-state index contributed by atoms with van der Waals surface area (Å²) in [5.41, 5.74) is 5.57. The molecule has 0 unspecified atom stereocenters. The standard InChI is InChI=1S/C26H33N3O/c1-19(2)22(5)29(26(30)27-25-14-7-6-11-21(25)4)18-24-13-9-15-28(24)17-23-12-8-10-20(3)16-23/h6-16,19,22H,17-18H2,1-5H3,(H,27,30)/t22-/m1/s1. The highest BCUT2D eigenvalue weighted by molar-refractivity contribution is 5.90. The maximum Gasteiger partial charge on any atom is 0.322 e. The number of hydrogen-bond acceptors (Lipinski definition) is 1. The maximum absolute atomic E-state index is 13.3. The molecule has 0 bridgehead atoms. The predicted molar refractivity (Wildman–Crippen MR) is 125 cm³/mol. The minimum absolute atomic E-state index is 0.0613. The number of urea groups is 1. The number of hydrogen-bond donors (Lipinski definition) is 1. The molecule has 158 valence electrons. The van der Waals surface area contributed by atoms with Gasteiger partial charge < -0.3 is 14.8 Å². The fourth-order valence-electron chi connectivity index (χ4n) is 3.59. The van der Waals surface area contributed by atoms with E-state index in [4.69, 9.17) is 0 Å². The Morgan fingerprint density at radius 2 is 1.77 bits per heavy atom. The van der Waals surface area contributed by atoms with Crippen molar-refractivity contribution in [3.8, 4) is 0 Å². The van der Waals surface area contributed by atoms with Crippen LogP contribution in [0.5, 0.6) is 0 Å². The quantitative estimate of drug-likeness (QED) is 0.499. The number of rotatable bonds is 7. The Kier molecular flexibility index (Phi) is 6.99. The van der Waals surface area contributed by atoms with Crippen LogP contribution in [0, 0.1) is 19.8 Å². The molecule has 1 atom stereocenters. The fraction of sp³-hybridized carbons (Fsp3) is 0.346. The lowest BCUT2D eigenvalue weighted by atomic mass is 10.0. The van der Waals surface area contributed by atoms with Crippen molar-refractivity contribution in [1.82, 2.24) is 9.47 Å². The Balaban J connectivity index is 1.81.